The SMILES string of the molecule is CC(C)OC(=O)[C@@H]1C[C@H](C#N)[C@H](c2ccccc2)N1. The van der Waals surface area contributed by atoms with Gasteiger partial charge in [0, 0.05) is 6.04 Å². The van der Waals surface area contributed by atoms with Crippen LogP contribution in [0.3, 0.4) is 0 Å². The Morgan fingerprint density at radius 2 is 2.11 bits per heavy atom. The Morgan fingerprint density at radius 3 is 2.68 bits per heavy atom. The van der Waals surface area contributed by atoms with Crippen LogP contribution in [0.2, 0.25) is 0 Å². The van der Waals surface area contributed by atoms with Crippen molar-refractivity contribution in [3.63, 3.8) is 0 Å². The first-order valence-corrected chi connectivity index (χ1v) is 6.53. The summed E-state index contributed by atoms with van der Waals surface area (Å²) < 4.78 is 5.20. The molecule has 1 heterocycles. The van der Waals surface area contributed by atoms with E-state index in [2.05, 4.69) is 11.4 Å². The van der Waals surface area contributed by atoms with E-state index in [4.69, 9.17) is 4.74 Å². The lowest BCUT2D eigenvalue weighted by Gasteiger charge is -2.16. The highest BCUT2D eigenvalue weighted by Gasteiger charge is 2.39. The quantitative estimate of drug-likeness (QED) is 0.844. The molecule has 0 amide bonds. The van der Waals surface area contributed by atoms with Crippen LogP contribution in [0.5, 0.6) is 0 Å². The van der Waals surface area contributed by atoms with Gasteiger partial charge in [0.2, 0.25) is 0 Å². The molecule has 1 fully saturated rings. The molecule has 1 aromatic rings. The molecule has 0 bridgehead atoms. The zero-order valence-corrected chi connectivity index (χ0v) is 11.2. The number of hydrogen-bond donors (Lipinski definition) is 1. The third-order valence-corrected chi connectivity index (χ3v) is 3.23. The van der Waals surface area contributed by atoms with Gasteiger partial charge in [-0.2, -0.15) is 5.26 Å². The Morgan fingerprint density at radius 1 is 1.42 bits per heavy atom. The normalized spacial score (nSPS) is 26.1. The van der Waals surface area contributed by atoms with Gasteiger partial charge in [-0.05, 0) is 25.8 Å². The van der Waals surface area contributed by atoms with Crippen LogP contribution < -0.4 is 5.32 Å². The first-order chi connectivity index (χ1) is 9.11. The lowest BCUT2D eigenvalue weighted by Crippen LogP contribution is -2.35. The van der Waals surface area contributed by atoms with E-state index in [9.17, 15) is 10.1 Å². The molecule has 1 aliphatic rings. The Kier molecular flexibility index (Phi) is 4.18. The average molecular weight is 258 g/mol. The molecule has 0 spiro atoms. The van der Waals surface area contributed by atoms with Crippen LogP contribution in [0.1, 0.15) is 31.9 Å². The standard InChI is InChI=1S/C15H18N2O2/c1-10(2)19-15(18)13-8-12(9-16)14(17-13)11-6-4-3-5-7-11/h3-7,10,12-14,17H,8H2,1-2H3/t12-,13+,14+/m1/s1. The van der Waals surface area contributed by atoms with Gasteiger partial charge in [-0.15, -0.1) is 0 Å². The number of nitriles is 1. The molecule has 0 unspecified atom stereocenters. The monoisotopic (exact) mass is 258 g/mol. The minimum atomic E-state index is -0.391. The molecular weight excluding hydrogens is 240 g/mol. The number of hydrogen-bond acceptors (Lipinski definition) is 4. The highest BCUT2D eigenvalue weighted by atomic mass is 16.5. The van der Waals surface area contributed by atoms with Crippen molar-refractivity contribution in [2.45, 2.75) is 38.5 Å². The molecule has 4 nitrogen and oxygen atoms in total. The lowest BCUT2D eigenvalue weighted by molar-refractivity contribution is -0.149. The van der Waals surface area contributed by atoms with E-state index in [0.29, 0.717) is 6.42 Å². The molecular formula is C15H18N2O2. The Bertz CT molecular complexity index is 479. The van der Waals surface area contributed by atoms with Crippen LogP contribution in [0, 0.1) is 17.2 Å². The fourth-order valence-corrected chi connectivity index (χ4v) is 2.39. The first kappa shape index (κ1) is 13.6. The number of rotatable bonds is 3. The van der Waals surface area contributed by atoms with Crippen molar-refractivity contribution in [3.8, 4) is 6.07 Å². The lowest BCUT2D eigenvalue weighted by atomic mass is 9.95. The maximum atomic E-state index is 11.9. The molecule has 4 heteroatoms. The van der Waals surface area contributed by atoms with E-state index < -0.39 is 6.04 Å². The number of ether oxygens (including phenoxy) is 1. The second-order valence-corrected chi connectivity index (χ2v) is 5.06. The van der Waals surface area contributed by atoms with Gasteiger partial charge in [0.05, 0.1) is 18.1 Å². The fraction of sp³-hybridized carbons (Fsp3) is 0.467. The van der Waals surface area contributed by atoms with Crippen molar-refractivity contribution in [2.24, 2.45) is 5.92 Å². The van der Waals surface area contributed by atoms with Crippen molar-refractivity contribution >= 4 is 5.97 Å². The minimum Gasteiger partial charge on any atom is -0.462 e. The van der Waals surface area contributed by atoms with Crippen LogP contribution in [0.4, 0.5) is 0 Å². The second kappa shape index (κ2) is 5.85. The topological polar surface area (TPSA) is 62.1 Å². The molecule has 0 aromatic heterocycles. The number of esters is 1. The smallest absolute Gasteiger partial charge is 0.323 e. The van der Waals surface area contributed by atoms with Crippen molar-refractivity contribution < 1.29 is 9.53 Å². The molecule has 1 saturated heterocycles. The molecule has 2 rings (SSSR count). The number of nitrogens with zero attached hydrogens (tertiary/aromatic N) is 1. The van der Waals surface area contributed by atoms with Crippen LogP contribution in [0.15, 0.2) is 30.3 Å². The van der Waals surface area contributed by atoms with Crippen molar-refractivity contribution in [2.75, 3.05) is 0 Å². The molecule has 100 valence electrons. The molecule has 0 radical (unpaired) electrons. The highest BCUT2D eigenvalue weighted by Crippen LogP contribution is 2.32. The fourth-order valence-electron chi connectivity index (χ4n) is 2.39. The Labute approximate surface area is 113 Å². The molecule has 19 heavy (non-hydrogen) atoms. The third kappa shape index (κ3) is 3.12. The molecule has 0 saturated carbocycles. The van der Waals surface area contributed by atoms with Gasteiger partial charge < -0.3 is 4.74 Å². The number of carbonyl (C=O) groups excluding carboxylic acids is 1. The van der Waals surface area contributed by atoms with Crippen molar-refractivity contribution in [1.29, 1.82) is 5.26 Å². The van der Waals surface area contributed by atoms with E-state index in [-0.39, 0.29) is 24.0 Å². The zero-order valence-electron chi connectivity index (χ0n) is 11.2. The summed E-state index contributed by atoms with van der Waals surface area (Å²) in [4.78, 5) is 11.9. The summed E-state index contributed by atoms with van der Waals surface area (Å²) in [6, 6.07) is 11.5. The maximum absolute atomic E-state index is 11.9. The summed E-state index contributed by atoms with van der Waals surface area (Å²) in [5, 5.41) is 12.5. The molecule has 0 aliphatic carbocycles. The van der Waals surface area contributed by atoms with Crippen LogP contribution in [0.25, 0.3) is 0 Å². The van der Waals surface area contributed by atoms with E-state index in [1.165, 1.54) is 0 Å². The number of carbonyl (C=O) groups is 1. The van der Waals surface area contributed by atoms with Gasteiger partial charge in [-0.1, -0.05) is 30.3 Å². The molecule has 1 N–H and O–H groups in total. The Balaban J connectivity index is 2.11. The third-order valence-electron chi connectivity index (χ3n) is 3.23. The molecule has 3 atom stereocenters. The van der Waals surface area contributed by atoms with Crippen LogP contribution in [-0.4, -0.2) is 18.1 Å². The summed E-state index contributed by atoms with van der Waals surface area (Å²) in [5.41, 5.74) is 1.04. The summed E-state index contributed by atoms with van der Waals surface area (Å²) in [7, 11) is 0. The van der Waals surface area contributed by atoms with Crippen molar-refractivity contribution in [1.82, 2.24) is 5.32 Å². The highest BCUT2D eigenvalue weighted by molar-refractivity contribution is 5.76. The average Bonchev–Trinajstić information content (AvgIpc) is 2.83. The summed E-state index contributed by atoms with van der Waals surface area (Å²) >= 11 is 0. The first-order valence-electron chi connectivity index (χ1n) is 6.53. The van der Waals surface area contributed by atoms with Gasteiger partial charge in [0.1, 0.15) is 6.04 Å². The Hall–Kier alpha value is -1.86. The van der Waals surface area contributed by atoms with Crippen molar-refractivity contribution in [3.05, 3.63) is 35.9 Å². The second-order valence-electron chi connectivity index (χ2n) is 5.06. The van der Waals surface area contributed by atoms with E-state index in [1.807, 2.05) is 44.2 Å². The van der Waals surface area contributed by atoms with E-state index >= 15 is 0 Å². The minimum absolute atomic E-state index is 0.101. The van der Waals surface area contributed by atoms with E-state index in [0.717, 1.165) is 5.56 Å². The van der Waals surface area contributed by atoms with Gasteiger partial charge >= 0.3 is 5.97 Å². The van der Waals surface area contributed by atoms with Gasteiger partial charge in [0.15, 0.2) is 0 Å². The molecule has 1 aliphatic heterocycles. The number of nitrogens with one attached hydrogen (secondary N) is 1. The van der Waals surface area contributed by atoms with Crippen LogP contribution >= 0.6 is 0 Å². The van der Waals surface area contributed by atoms with Crippen LogP contribution in [-0.2, 0) is 9.53 Å². The van der Waals surface area contributed by atoms with Gasteiger partial charge in [-0.25, -0.2) is 0 Å². The molecule has 1 aromatic carbocycles. The maximum Gasteiger partial charge on any atom is 0.323 e. The predicted molar refractivity (Wildman–Crippen MR) is 71.1 cm³/mol. The zero-order chi connectivity index (χ0) is 13.8. The number of benzene rings is 1. The van der Waals surface area contributed by atoms with E-state index in [1.54, 1.807) is 0 Å². The summed E-state index contributed by atoms with van der Waals surface area (Å²) in [6.45, 7) is 3.65. The van der Waals surface area contributed by atoms with Gasteiger partial charge in [-0.3, -0.25) is 10.1 Å². The summed E-state index contributed by atoms with van der Waals surface area (Å²) in [6.07, 6.45) is 0.368. The summed E-state index contributed by atoms with van der Waals surface area (Å²) in [5.74, 6) is -0.471. The predicted octanol–water partition coefficient (Wildman–Crippen LogP) is 2.18. The van der Waals surface area contributed by atoms with Gasteiger partial charge in [0.25, 0.3) is 0 Å². The largest absolute Gasteiger partial charge is 0.462 e.